The highest BCUT2D eigenvalue weighted by Gasteiger charge is 2.00. The molecule has 0 heterocycles. The fraction of sp³-hybridized carbons (Fsp3) is 0.941. The largest absolute Gasteiger partial charge is 0.379 e. The SMILES string of the molecule is CSCCOCCOCCOCCOCCC(=O)NCCCCCN. The van der Waals surface area contributed by atoms with Gasteiger partial charge in [0.2, 0.25) is 5.91 Å². The molecule has 0 bridgehead atoms. The molecular formula is C17H36N2O5S. The summed E-state index contributed by atoms with van der Waals surface area (Å²) < 4.78 is 21.5. The Morgan fingerprint density at radius 3 is 1.96 bits per heavy atom. The number of ether oxygens (including phenoxy) is 4. The minimum atomic E-state index is 0.0295. The summed E-state index contributed by atoms with van der Waals surface area (Å²) in [6, 6.07) is 0. The van der Waals surface area contributed by atoms with Gasteiger partial charge in [0.05, 0.1) is 52.9 Å². The van der Waals surface area contributed by atoms with E-state index in [4.69, 9.17) is 24.7 Å². The second kappa shape index (κ2) is 21.7. The molecule has 0 aromatic carbocycles. The van der Waals surface area contributed by atoms with Gasteiger partial charge in [0.25, 0.3) is 0 Å². The predicted octanol–water partition coefficient (Wildman–Crippen LogP) is 1.05. The Bertz CT molecular complexity index is 286. The molecule has 1 amide bonds. The first-order valence-corrected chi connectivity index (χ1v) is 10.5. The number of rotatable bonds is 20. The summed E-state index contributed by atoms with van der Waals surface area (Å²) in [5.41, 5.74) is 5.41. The van der Waals surface area contributed by atoms with Crippen LogP contribution in [0.15, 0.2) is 0 Å². The molecule has 3 N–H and O–H groups in total. The number of amides is 1. The van der Waals surface area contributed by atoms with Gasteiger partial charge in [-0.15, -0.1) is 0 Å². The number of hydrogen-bond acceptors (Lipinski definition) is 7. The summed E-state index contributed by atoms with van der Waals surface area (Å²) in [6.45, 7) is 5.92. The van der Waals surface area contributed by atoms with E-state index < -0.39 is 0 Å². The molecule has 0 atom stereocenters. The summed E-state index contributed by atoms with van der Waals surface area (Å²) in [6.07, 6.45) is 5.48. The maximum absolute atomic E-state index is 11.5. The van der Waals surface area contributed by atoms with Crippen molar-refractivity contribution in [3.63, 3.8) is 0 Å². The maximum Gasteiger partial charge on any atom is 0.222 e. The summed E-state index contributed by atoms with van der Waals surface area (Å²) in [5.74, 6) is 1.04. The second-order valence-electron chi connectivity index (χ2n) is 5.39. The first-order chi connectivity index (χ1) is 12.3. The van der Waals surface area contributed by atoms with Crippen LogP contribution in [-0.4, -0.2) is 83.9 Å². The Labute approximate surface area is 156 Å². The van der Waals surface area contributed by atoms with E-state index >= 15 is 0 Å². The van der Waals surface area contributed by atoms with Gasteiger partial charge in [0.15, 0.2) is 0 Å². The highest BCUT2D eigenvalue weighted by Crippen LogP contribution is 1.92. The number of nitrogens with one attached hydrogen (secondary N) is 1. The molecule has 0 radical (unpaired) electrons. The van der Waals surface area contributed by atoms with Crippen LogP contribution in [0.2, 0.25) is 0 Å². The van der Waals surface area contributed by atoms with Crippen molar-refractivity contribution >= 4 is 17.7 Å². The molecular weight excluding hydrogens is 344 g/mol. The van der Waals surface area contributed by atoms with Crippen LogP contribution < -0.4 is 11.1 Å². The van der Waals surface area contributed by atoms with Crippen LogP contribution in [0.1, 0.15) is 25.7 Å². The second-order valence-corrected chi connectivity index (χ2v) is 6.38. The van der Waals surface area contributed by atoms with E-state index in [1.807, 2.05) is 0 Å². The Hall–Kier alpha value is -0.380. The molecule has 0 aromatic heterocycles. The van der Waals surface area contributed by atoms with Crippen LogP contribution in [0.5, 0.6) is 0 Å². The first-order valence-electron chi connectivity index (χ1n) is 9.08. The smallest absolute Gasteiger partial charge is 0.222 e. The third-order valence-corrected chi connectivity index (χ3v) is 3.80. The monoisotopic (exact) mass is 380 g/mol. The quantitative estimate of drug-likeness (QED) is 0.305. The molecule has 0 unspecified atom stereocenters. The molecule has 0 aliphatic heterocycles. The van der Waals surface area contributed by atoms with Gasteiger partial charge >= 0.3 is 0 Å². The molecule has 0 aliphatic carbocycles. The zero-order valence-corrected chi connectivity index (χ0v) is 16.4. The van der Waals surface area contributed by atoms with Crippen molar-refractivity contribution in [3.05, 3.63) is 0 Å². The van der Waals surface area contributed by atoms with Crippen molar-refractivity contribution in [2.75, 3.05) is 78.0 Å². The number of unbranched alkanes of at least 4 members (excludes halogenated alkanes) is 2. The molecule has 0 aromatic rings. The minimum Gasteiger partial charge on any atom is -0.379 e. The number of carbonyl (C=O) groups is 1. The van der Waals surface area contributed by atoms with Crippen molar-refractivity contribution in [2.45, 2.75) is 25.7 Å². The van der Waals surface area contributed by atoms with Gasteiger partial charge in [0.1, 0.15) is 0 Å². The van der Waals surface area contributed by atoms with Gasteiger partial charge in [-0.3, -0.25) is 4.79 Å². The molecule has 7 nitrogen and oxygen atoms in total. The summed E-state index contributed by atoms with van der Waals surface area (Å²) in [4.78, 5) is 11.5. The van der Waals surface area contributed by atoms with Crippen LogP contribution >= 0.6 is 11.8 Å². The molecule has 0 fully saturated rings. The van der Waals surface area contributed by atoms with E-state index in [0.29, 0.717) is 65.8 Å². The highest BCUT2D eigenvalue weighted by atomic mass is 32.2. The predicted molar refractivity (Wildman–Crippen MR) is 102 cm³/mol. The lowest BCUT2D eigenvalue weighted by molar-refractivity contribution is -0.122. The Morgan fingerprint density at radius 1 is 0.840 bits per heavy atom. The van der Waals surface area contributed by atoms with Gasteiger partial charge in [-0.2, -0.15) is 11.8 Å². The third-order valence-electron chi connectivity index (χ3n) is 3.22. The van der Waals surface area contributed by atoms with Crippen LogP contribution in [0.4, 0.5) is 0 Å². The van der Waals surface area contributed by atoms with E-state index in [-0.39, 0.29) is 5.91 Å². The van der Waals surface area contributed by atoms with Crippen molar-refractivity contribution < 1.29 is 23.7 Å². The highest BCUT2D eigenvalue weighted by molar-refractivity contribution is 7.98. The lowest BCUT2D eigenvalue weighted by Gasteiger charge is -2.08. The Kier molecular flexibility index (Phi) is 21.3. The fourth-order valence-electron chi connectivity index (χ4n) is 1.83. The lowest BCUT2D eigenvalue weighted by atomic mass is 10.2. The summed E-state index contributed by atoms with van der Waals surface area (Å²) >= 11 is 1.77. The molecule has 150 valence electrons. The number of nitrogens with two attached hydrogens (primary N) is 1. The molecule has 0 spiro atoms. The zero-order valence-electron chi connectivity index (χ0n) is 15.6. The number of thioether (sulfide) groups is 1. The lowest BCUT2D eigenvalue weighted by Crippen LogP contribution is -2.25. The fourth-order valence-corrected chi connectivity index (χ4v) is 2.12. The number of carbonyl (C=O) groups excluding carboxylic acids is 1. The molecule has 0 rings (SSSR count). The van der Waals surface area contributed by atoms with Crippen molar-refractivity contribution in [1.82, 2.24) is 5.32 Å². The van der Waals surface area contributed by atoms with Crippen LogP contribution in [0.3, 0.4) is 0 Å². The van der Waals surface area contributed by atoms with Gasteiger partial charge in [0, 0.05) is 18.7 Å². The van der Waals surface area contributed by atoms with Gasteiger partial charge < -0.3 is 30.0 Å². The Balaban J connectivity index is 3.09. The third kappa shape index (κ3) is 21.6. The molecule has 25 heavy (non-hydrogen) atoms. The van der Waals surface area contributed by atoms with Gasteiger partial charge in [-0.25, -0.2) is 0 Å². The molecule has 0 saturated heterocycles. The molecule has 0 aliphatic rings. The van der Waals surface area contributed by atoms with E-state index in [1.54, 1.807) is 11.8 Å². The number of hydrogen-bond donors (Lipinski definition) is 2. The molecule has 8 heteroatoms. The molecule has 0 saturated carbocycles. The maximum atomic E-state index is 11.5. The summed E-state index contributed by atoms with van der Waals surface area (Å²) in [5, 5.41) is 2.87. The van der Waals surface area contributed by atoms with Crippen molar-refractivity contribution in [2.24, 2.45) is 5.73 Å². The van der Waals surface area contributed by atoms with E-state index in [0.717, 1.165) is 31.6 Å². The van der Waals surface area contributed by atoms with Gasteiger partial charge in [-0.05, 0) is 25.6 Å². The zero-order chi connectivity index (χ0) is 18.4. The van der Waals surface area contributed by atoms with Crippen molar-refractivity contribution in [3.8, 4) is 0 Å². The van der Waals surface area contributed by atoms with Gasteiger partial charge in [-0.1, -0.05) is 6.42 Å². The topological polar surface area (TPSA) is 92.0 Å². The van der Waals surface area contributed by atoms with Crippen molar-refractivity contribution in [1.29, 1.82) is 0 Å². The first kappa shape index (κ1) is 24.6. The van der Waals surface area contributed by atoms with Crippen LogP contribution in [0, 0.1) is 0 Å². The standard InChI is InChI=1S/C17H36N2O5S/c1-25-16-15-24-14-13-23-12-11-22-10-9-21-8-5-17(20)19-7-4-2-3-6-18/h2-16,18H2,1H3,(H,19,20). The summed E-state index contributed by atoms with van der Waals surface area (Å²) in [7, 11) is 0. The van der Waals surface area contributed by atoms with Crippen LogP contribution in [0.25, 0.3) is 0 Å². The Morgan fingerprint density at radius 2 is 1.40 bits per heavy atom. The minimum absolute atomic E-state index is 0.0295. The van der Waals surface area contributed by atoms with E-state index in [1.165, 1.54) is 0 Å². The van der Waals surface area contributed by atoms with Crippen LogP contribution in [-0.2, 0) is 23.7 Å². The van der Waals surface area contributed by atoms with E-state index in [2.05, 4.69) is 11.6 Å². The average molecular weight is 381 g/mol. The average Bonchev–Trinajstić information content (AvgIpc) is 2.62. The normalized spacial score (nSPS) is 11.0. The van der Waals surface area contributed by atoms with E-state index in [9.17, 15) is 4.79 Å².